The Labute approximate surface area is 120 Å². The third-order valence-corrected chi connectivity index (χ3v) is 3.98. The van der Waals surface area contributed by atoms with Crippen LogP contribution in [-0.2, 0) is 11.3 Å². The van der Waals surface area contributed by atoms with Crippen molar-refractivity contribution in [2.45, 2.75) is 44.9 Å². The van der Waals surface area contributed by atoms with Gasteiger partial charge in [-0.3, -0.25) is 0 Å². The average molecular weight is 274 g/mol. The Morgan fingerprint density at radius 1 is 1.30 bits per heavy atom. The average Bonchev–Trinajstić information content (AvgIpc) is 2.81. The second-order valence-corrected chi connectivity index (χ2v) is 6.68. The molecule has 2 heterocycles. The summed E-state index contributed by atoms with van der Waals surface area (Å²) in [7, 11) is 0. The Balaban J connectivity index is 1.75. The second kappa shape index (κ2) is 4.77. The molecule has 1 N–H and O–H groups in total. The number of fused-ring (bicyclic) bond motifs is 3. The third-order valence-electron chi connectivity index (χ3n) is 3.98. The normalized spacial score (nSPS) is 25.1. The molecule has 2 atom stereocenters. The number of hydrogen-bond donors (Lipinski definition) is 1. The molecule has 1 fully saturated rings. The first-order chi connectivity index (χ1) is 9.44. The molecule has 0 saturated carbocycles. The molecule has 0 aromatic heterocycles. The molecule has 0 radical (unpaired) electrons. The Hall–Kier alpha value is -1.55. The van der Waals surface area contributed by atoms with E-state index >= 15 is 0 Å². The minimum atomic E-state index is -0.434. The summed E-state index contributed by atoms with van der Waals surface area (Å²) in [6.45, 7) is 8.07. The molecule has 0 aliphatic carbocycles. The third kappa shape index (κ3) is 2.52. The first kappa shape index (κ1) is 13.4. The molecule has 1 aromatic rings. The summed E-state index contributed by atoms with van der Waals surface area (Å²) in [4.78, 5) is 14.0. The van der Waals surface area contributed by atoms with E-state index < -0.39 is 5.60 Å². The van der Waals surface area contributed by atoms with Crippen LogP contribution in [0.4, 0.5) is 4.79 Å². The van der Waals surface area contributed by atoms with E-state index in [0.717, 1.165) is 19.6 Å². The number of ether oxygens (including phenoxy) is 1. The molecule has 4 nitrogen and oxygen atoms in total. The Bertz CT molecular complexity index is 521. The summed E-state index contributed by atoms with van der Waals surface area (Å²) in [5.41, 5.74) is 2.29. The van der Waals surface area contributed by atoms with Crippen LogP contribution in [0.2, 0.25) is 0 Å². The lowest BCUT2D eigenvalue weighted by Crippen LogP contribution is -2.40. The number of hydrogen-bond acceptors (Lipinski definition) is 3. The molecule has 2 aliphatic heterocycles. The van der Waals surface area contributed by atoms with E-state index in [0.29, 0.717) is 12.0 Å². The molecule has 2 unspecified atom stereocenters. The van der Waals surface area contributed by atoms with Crippen LogP contribution in [0.5, 0.6) is 0 Å². The predicted molar refractivity (Wildman–Crippen MR) is 77.6 cm³/mol. The van der Waals surface area contributed by atoms with Gasteiger partial charge in [-0.2, -0.15) is 0 Å². The highest BCUT2D eigenvalue weighted by molar-refractivity contribution is 5.69. The van der Waals surface area contributed by atoms with E-state index in [1.54, 1.807) is 0 Å². The lowest BCUT2D eigenvalue weighted by atomic mass is 9.87. The van der Waals surface area contributed by atoms with E-state index in [4.69, 9.17) is 4.74 Å². The molecule has 0 spiro atoms. The van der Waals surface area contributed by atoms with Crippen LogP contribution in [0.15, 0.2) is 24.3 Å². The van der Waals surface area contributed by atoms with Gasteiger partial charge in [-0.25, -0.2) is 4.79 Å². The fourth-order valence-corrected chi connectivity index (χ4v) is 3.10. The van der Waals surface area contributed by atoms with Crippen molar-refractivity contribution >= 4 is 6.09 Å². The number of likely N-dealkylation sites (tertiary alicyclic amines) is 1. The zero-order valence-corrected chi connectivity index (χ0v) is 12.3. The zero-order chi connectivity index (χ0) is 14.3. The van der Waals surface area contributed by atoms with Gasteiger partial charge < -0.3 is 15.0 Å². The van der Waals surface area contributed by atoms with Gasteiger partial charge in [-0.05, 0) is 31.9 Å². The summed E-state index contributed by atoms with van der Waals surface area (Å²) in [5.74, 6) is 0.382. The quantitative estimate of drug-likeness (QED) is 0.790. The molecular weight excluding hydrogens is 252 g/mol. The van der Waals surface area contributed by atoms with Crippen LogP contribution in [-0.4, -0.2) is 35.7 Å². The largest absolute Gasteiger partial charge is 0.444 e. The summed E-state index contributed by atoms with van der Waals surface area (Å²) in [5, 5.41) is 3.54. The van der Waals surface area contributed by atoms with Crippen LogP contribution in [0.3, 0.4) is 0 Å². The topological polar surface area (TPSA) is 41.6 Å². The van der Waals surface area contributed by atoms with Crippen molar-refractivity contribution in [3.05, 3.63) is 35.4 Å². The van der Waals surface area contributed by atoms with Crippen molar-refractivity contribution in [1.29, 1.82) is 0 Å². The number of rotatable bonds is 0. The molecule has 3 rings (SSSR count). The van der Waals surface area contributed by atoms with Gasteiger partial charge in [0, 0.05) is 31.6 Å². The van der Waals surface area contributed by atoms with E-state index in [-0.39, 0.29) is 6.09 Å². The Kier molecular flexibility index (Phi) is 3.21. The van der Waals surface area contributed by atoms with Crippen molar-refractivity contribution in [1.82, 2.24) is 10.2 Å². The van der Waals surface area contributed by atoms with Crippen LogP contribution >= 0.6 is 0 Å². The first-order valence-electron chi connectivity index (χ1n) is 7.23. The number of carbonyl (C=O) groups excluding carboxylic acids is 1. The fraction of sp³-hybridized carbons (Fsp3) is 0.562. The van der Waals surface area contributed by atoms with Gasteiger partial charge in [-0.15, -0.1) is 0 Å². The predicted octanol–water partition coefficient (Wildman–Crippen LogP) is 2.49. The lowest BCUT2D eigenvalue weighted by molar-refractivity contribution is 0.0289. The summed E-state index contributed by atoms with van der Waals surface area (Å²) < 4.78 is 5.47. The van der Waals surface area contributed by atoms with Gasteiger partial charge in [0.25, 0.3) is 0 Å². The first-order valence-corrected chi connectivity index (χ1v) is 7.23. The molecule has 1 amide bonds. The monoisotopic (exact) mass is 274 g/mol. The van der Waals surface area contributed by atoms with Crippen LogP contribution in [0.1, 0.15) is 37.8 Å². The zero-order valence-electron chi connectivity index (χ0n) is 12.3. The van der Waals surface area contributed by atoms with Gasteiger partial charge in [0.05, 0.1) is 0 Å². The van der Waals surface area contributed by atoms with Crippen molar-refractivity contribution in [2.24, 2.45) is 0 Å². The van der Waals surface area contributed by atoms with Gasteiger partial charge in [0.2, 0.25) is 0 Å². The molecule has 108 valence electrons. The molecule has 0 bridgehead atoms. The molecule has 4 heteroatoms. The van der Waals surface area contributed by atoms with Gasteiger partial charge in [0.15, 0.2) is 0 Å². The Morgan fingerprint density at radius 2 is 2.05 bits per heavy atom. The highest BCUT2D eigenvalue weighted by Gasteiger charge is 2.40. The Morgan fingerprint density at radius 3 is 2.80 bits per heavy atom. The van der Waals surface area contributed by atoms with Crippen LogP contribution in [0, 0.1) is 0 Å². The van der Waals surface area contributed by atoms with Crippen LogP contribution in [0.25, 0.3) is 0 Å². The maximum Gasteiger partial charge on any atom is 0.410 e. The molecule has 1 saturated heterocycles. The van der Waals surface area contributed by atoms with E-state index in [2.05, 4.69) is 29.6 Å². The standard InChI is InChI=1S/C16H22N2O2/c1-16(2,3)20-15(19)18-9-13-12-7-5-4-6-11(12)8-17-14(13)10-18/h4-7,13-14,17H,8-10H2,1-3H3. The van der Waals surface area contributed by atoms with E-state index in [1.165, 1.54) is 11.1 Å². The molecular formula is C16H22N2O2. The second-order valence-electron chi connectivity index (χ2n) is 6.68. The molecule has 20 heavy (non-hydrogen) atoms. The highest BCUT2D eigenvalue weighted by Crippen LogP contribution is 2.34. The number of nitrogens with one attached hydrogen (secondary N) is 1. The highest BCUT2D eigenvalue weighted by atomic mass is 16.6. The maximum atomic E-state index is 12.2. The van der Waals surface area contributed by atoms with Crippen LogP contribution < -0.4 is 5.32 Å². The van der Waals surface area contributed by atoms with Gasteiger partial charge in [0.1, 0.15) is 5.60 Å². The summed E-state index contributed by atoms with van der Waals surface area (Å²) in [6, 6.07) is 8.84. The maximum absolute atomic E-state index is 12.2. The lowest BCUT2D eigenvalue weighted by Gasteiger charge is -2.28. The van der Waals surface area contributed by atoms with E-state index in [1.807, 2.05) is 25.7 Å². The van der Waals surface area contributed by atoms with Crippen molar-refractivity contribution in [3.8, 4) is 0 Å². The summed E-state index contributed by atoms with van der Waals surface area (Å²) in [6.07, 6.45) is -0.203. The van der Waals surface area contributed by atoms with Gasteiger partial charge in [-0.1, -0.05) is 24.3 Å². The van der Waals surface area contributed by atoms with Crippen molar-refractivity contribution in [3.63, 3.8) is 0 Å². The number of benzene rings is 1. The smallest absolute Gasteiger partial charge is 0.410 e. The summed E-state index contributed by atoms with van der Waals surface area (Å²) >= 11 is 0. The number of carbonyl (C=O) groups is 1. The molecule has 1 aromatic carbocycles. The minimum Gasteiger partial charge on any atom is -0.444 e. The van der Waals surface area contributed by atoms with E-state index in [9.17, 15) is 4.79 Å². The SMILES string of the molecule is CC(C)(C)OC(=O)N1CC2NCc3ccccc3C2C1. The van der Waals surface area contributed by atoms with Gasteiger partial charge >= 0.3 is 6.09 Å². The fourth-order valence-electron chi connectivity index (χ4n) is 3.10. The minimum absolute atomic E-state index is 0.203. The van der Waals surface area contributed by atoms with Crippen molar-refractivity contribution in [2.75, 3.05) is 13.1 Å². The van der Waals surface area contributed by atoms with Crippen molar-refractivity contribution < 1.29 is 9.53 Å². The number of nitrogens with zero attached hydrogens (tertiary/aromatic N) is 1. The number of amides is 1. The molecule has 2 aliphatic rings.